The van der Waals surface area contributed by atoms with Gasteiger partial charge in [-0.05, 0) is 11.6 Å². The van der Waals surface area contributed by atoms with E-state index in [1.54, 1.807) is 6.20 Å². The highest BCUT2D eigenvalue weighted by Gasteiger charge is 2.08. The summed E-state index contributed by atoms with van der Waals surface area (Å²) in [7, 11) is 0. The molecule has 2 rings (SSSR count). The first kappa shape index (κ1) is 12.9. The first-order valence-electron chi connectivity index (χ1n) is 5.63. The lowest BCUT2D eigenvalue weighted by atomic mass is 10.1. The van der Waals surface area contributed by atoms with Crippen molar-refractivity contribution >= 4 is 28.6 Å². The van der Waals surface area contributed by atoms with Gasteiger partial charge in [-0.2, -0.15) is 11.8 Å². The fraction of sp³-hybridized carbons (Fsp3) is 0.231. The molecule has 0 amide bonds. The van der Waals surface area contributed by atoms with E-state index in [2.05, 4.69) is 10.7 Å². The van der Waals surface area contributed by atoms with E-state index in [0.717, 1.165) is 22.2 Å². The highest BCUT2D eigenvalue weighted by atomic mass is 32.2. The van der Waals surface area contributed by atoms with Gasteiger partial charge in [-0.3, -0.25) is 4.98 Å². The van der Waals surface area contributed by atoms with Crippen molar-refractivity contribution in [3.8, 4) is 0 Å². The van der Waals surface area contributed by atoms with E-state index in [4.69, 9.17) is 0 Å². The van der Waals surface area contributed by atoms with Crippen LogP contribution in [0.2, 0.25) is 0 Å². The van der Waals surface area contributed by atoms with Gasteiger partial charge in [0.1, 0.15) is 6.04 Å². The molecule has 1 aromatic heterocycles. The summed E-state index contributed by atoms with van der Waals surface area (Å²) in [6.45, 7) is 0. The van der Waals surface area contributed by atoms with E-state index in [-0.39, 0.29) is 0 Å². The number of fused-ring (bicyclic) bond motifs is 1. The minimum absolute atomic E-state index is 0.450. The molecular weight excluding hydrogens is 248 g/mol. The van der Waals surface area contributed by atoms with Gasteiger partial charge < -0.3 is 15.6 Å². The number of nitrogens with zero attached hydrogens (tertiary/aromatic N) is 1. The van der Waals surface area contributed by atoms with Crippen molar-refractivity contribution in [1.29, 1.82) is 0 Å². The minimum atomic E-state index is -1.10. The number of pyridine rings is 1. The van der Waals surface area contributed by atoms with Crippen LogP contribution in [0, 0.1) is 0 Å². The number of carboxylic acid groups (broad SMARTS) is 1. The van der Waals surface area contributed by atoms with Crippen molar-refractivity contribution < 1.29 is 15.6 Å². The molecule has 0 aliphatic rings. The number of quaternary nitrogens is 1. The Morgan fingerprint density at radius 2 is 2.17 bits per heavy atom. The molecule has 0 aliphatic carbocycles. The van der Waals surface area contributed by atoms with Gasteiger partial charge in [0.15, 0.2) is 0 Å². The summed E-state index contributed by atoms with van der Waals surface area (Å²) in [5.74, 6) is 0.0812. The lowest BCUT2D eigenvalue weighted by Crippen LogP contribution is -2.69. The smallest absolute Gasteiger partial charge is 0.134 e. The highest BCUT2D eigenvalue weighted by molar-refractivity contribution is 7.98. The van der Waals surface area contributed by atoms with E-state index in [0.29, 0.717) is 5.75 Å². The van der Waals surface area contributed by atoms with E-state index in [1.807, 2.05) is 30.3 Å². The summed E-state index contributed by atoms with van der Waals surface area (Å²) in [5, 5.41) is 11.7. The maximum atomic E-state index is 10.6. The zero-order valence-corrected chi connectivity index (χ0v) is 10.7. The van der Waals surface area contributed by atoms with Crippen molar-refractivity contribution in [2.45, 2.75) is 11.8 Å². The second-order valence-electron chi connectivity index (χ2n) is 4.02. The molecule has 0 fully saturated rings. The van der Waals surface area contributed by atoms with E-state index in [9.17, 15) is 9.90 Å². The van der Waals surface area contributed by atoms with E-state index in [1.165, 1.54) is 11.8 Å². The molecule has 0 spiro atoms. The van der Waals surface area contributed by atoms with Crippen LogP contribution in [0.4, 0.5) is 0 Å². The Labute approximate surface area is 109 Å². The standard InChI is InChI=1S/C13H14N2O2S/c14-11(13(16)17)8-18-7-10-4-1-3-9-5-2-6-15-12(9)10/h1-6,11H,7-8,14H2,(H,16,17)/t11-/m0/s1. The van der Waals surface area contributed by atoms with Crippen molar-refractivity contribution in [2.24, 2.45) is 0 Å². The van der Waals surface area contributed by atoms with Gasteiger partial charge >= 0.3 is 0 Å². The zero-order chi connectivity index (χ0) is 13.0. The molecule has 3 N–H and O–H groups in total. The normalized spacial score (nSPS) is 12.5. The van der Waals surface area contributed by atoms with Gasteiger partial charge in [0.2, 0.25) is 0 Å². The second-order valence-corrected chi connectivity index (χ2v) is 5.05. The summed E-state index contributed by atoms with van der Waals surface area (Å²) >= 11 is 1.53. The third-order valence-corrected chi connectivity index (χ3v) is 3.78. The quantitative estimate of drug-likeness (QED) is 0.811. The fourth-order valence-electron chi connectivity index (χ4n) is 1.66. The summed E-state index contributed by atoms with van der Waals surface area (Å²) < 4.78 is 0. The molecule has 0 unspecified atom stereocenters. The first-order valence-corrected chi connectivity index (χ1v) is 6.78. The number of aliphatic carboxylic acids is 1. The number of carbonyl (C=O) groups is 1. The number of para-hydroxylation sites is 1. The van der Waals surface area contributed by atoms with Crippen LogP contribution < -0.4 is 10.8 Å². The average Bonchev–Trinajstić information content (AvgIpc) is 2.38. The Balaban J connectivity index is 2.06. The van der Waals surface area contributed by atoms with Crippen molar-refractivity contribution in [3.05, 3.63) is 42.1 Å². The summed E-state index contributed by atoms with van der Waals surface area (Å²) in [4.78, 5) is 14.9. The van der Waals surface area contributed by atoms with E-state index >= 15 is 0 Å². The zero-order valence-electron chi connectivity index (χ0n) is 9.83. The molecule has 0 radical (unpaired) electrons. The van der Waals surface area contributed by atoms with Crippen LogP contribution in [0.1, 0.15) is 5.56 Å². The van der Waals surface area contributed by atoms with Crippen LogP contribution in [0.25, 0.3) is 10.9 Å². The average molecular weight is 262 g/mol. The minimum Gasteiger partial charge on any atom is -0.544 e. The number of hydrogen-bond acceptors (Lipinski definition) is 4. The predicted octanol–water partition coefficient (Wildman–Crippen LogP) is -0.172. The molecule has 5 heteroatoms. The Morgan fingerprint density at radius 1 is 1.39 bits per heavy atom. The van der Waals surface area contributed by atoms with Gasteiger partial charge in [-0.1, -0.05) is 24.3 Å². The maximum Gasteiger partial charge on any atom is 0.134 e. The molecule has 0 bridgehead atoms. The summed E-state index contributed by atoms with van der Waals surface area (Å²) in [5.41, 5.74) is 5.62. The van der Waals surface area contributed by atoms with Gasteiger partial charge in [-0.25, -0.2) is 0 Å². The van der Waals surface area contributed by atoms with Crippen LogP contribution in [-0.2, 0) is 10.5 Å². The third-order valence-electron chi connectivity index (χ3n) is 2.63. The number of thioether (sulfide) groups is 1. The lowest BCUT2D eigenvalue weighted by Gasteiger charge is -2.09. The number of carboxylic acids is 1. The molecule has 2 aromatic rings. The Kier molecular flexibility index (Phi) is 4.17. The maximum absolute atomic E-state index is 10.6. The first-order chi connectivity index (χ1) is 8.68. The number of carbonyl (C=O) groups excluding carboxylic acids is 1. The number of rotatable bonds is 5. The van der Waals surface area contributed by atoms with Crippen LogP contribution in [0.5, 0.6) is 0 Å². The Bertz CT molecular complexity index is 554. The monoisotopic (exact) mass is 262 g/mol. The van der Waals surface area contributed by atoms with Crippen LogP contribution in [0.3, 0.4) is 0 Å². The van der Waals surface area contributed by atoms with Crippen molar-refractivity contribution in [3.63, 3.8) is 0 Å². The third kappa shape index (κ3) is 3.00. The molecular formula is C13H14N2O2S. The van der Waals surface area contributed by atoms with Crippen molar-refractivity contribution in [1.82, 2.24) is 4.98 Å². The summed E-state index contributed by atoms with van der Waals surface area (Å²) in [6.07, 6.45) is 1.77. The Morgan fingerprint density at radius 3 is 2.94 bits per heavy atom. The van der Waals surface area contributed by atoms with Crippen LogP contribution in [-0.4, -0.2) is 22.7 Å². The molecule has 1 atom stereocenters. The fourth-order valence-corrected chi connectivity index (χ4v) is 2.65. The van der Waals surface area contributed by atoms with E-state index < -0.39 is 12.0 Å². The van der Waals surface area contributed by atoms with Gasteiger partial charge in [0.05, 0.1) is 17.2 Å². The van der Waals surface area contributed by atoms with Gasteiger partial charge in [0, 0.05) is 17.3 Å². The molecule has 0 aliphatic heterocycles. The molecule has 18 heavy (non-hydrogen) atoms. The van der Waals surface area contributed by atoms with Gasteiger partial charge in [0.25, 0.3) is 0 Å². The van der Waals surface area contributed by atoms with Crippen molar-refractivity contribution in [2.75, 3.05) is 5.75 Å². The van der Waals surface area contributed by atoms with Crippen LogP contribution >= 0.6 is 11.8 Å². The SMILES string of the molecule is [NH3+][C@@H](CSCc1cccc2cccnc12)C(=O)[O-]. The number of benzene rings is 1. The lowest BCUT2D eigenvalue weighted by molar-refractivity contribution is -0.431. The molecule has 1 heterocycles. The largest absolute Gasteiger partial charge is 0.544 e. The summed E-state index contributed by atoms with van der Waals surface area (Å²) in [6, 6.07) is 9.27. The second kappa shape index (κ2) is 5.84. The molecule has 4 nitrogen and oxygen atoms in total. The molecule has 0 saturated carbocycles. The van der Waals surface area contributed by atoms with Crippen LogP contribution in [0.15, 0.2) is 36.5 Å². The Hall–Kier alpha value is -1.59. The van der Waals surface area contributed by atoms with Gasteiger partial charge in [-0.15, -0.1) is 0 Å². The number of hydrogen-bond donors (Lipinski definition) is 1. The predicted molar refractivity (Wildman–Crippen MR) is 69.6 cm³/mol. The highest BCUT2D eigenvalue weighted by Crippen LogP contribution is 2.20. The molecule has 0 saturated heterocycles. The molecule has 1 aromatic carbocycles. The molecule has 94 valence electrons. The topological polar surface area (TPSA) is 80.7 Å². The number of aromatic nitrogens is 1.